The second-order valence-corrected chi connectivity index (χ2v) is 5.78. The average molecular weight is 353 g/mol. The molecule has 6 heteroatoms. The van der Waals surface area contributed by atoms with Gasteiger partial charge in [-0.25, -0.2) is 0 Å². The summed E-state index contributed by atoms with van der Waals surface area (Å²) in [6.07, 6.45) is 3.13. The molecule has 0 atom stereocenters. The third kappa shape index (κ3) is 4.63. The lowest BCUT2D eigenvalue weighted by molar-refractivity contribution is -0.135. The smallest absolute Gasteiger partial charge is 0.261 e. The third-order valence-corrected chi connectivity index (χ3v) is 3.81. The van der Waals surface area contributed by atoms with E-state index in [0.29, 0.717) is 35.9 Å². The summed E-state index contributed by atoms with van der Waals surface area (Å²) < 4.78 is 16.2. The first-order valence-corrected chi connectivity index (χ1v) is 8.18. The van der Waals surface area contributed by atoms with E-state index in [-0.39, 0.29) is 18.3 Å². The number of hydrogen-bond acceptors (Lipinski definition) is 5. The first-order valence-electron chi connectivity index (χ1n) is 8.18. The van der Waals surface area contributed by atoms with Gasteiger partial charge >= 0.3 is 0 Å². The van der Waals surface area contributed by atoms with Crippen LogP contribution in [0.15, 0.2) is 69.9 Å². The normalized spacial score (nSPS) is 10.5. The molecule has 0 aliphatic rings. The number of rotatable bonds is 8. The molecule has 0 spiro atoms. The highest BCUT2D eigenvalue weighted by molar-refractivity contribution is 5.94. The molecule has 0 radical (unpaired) electrons. The highest BCUT2D eigenvalue weighted by Crippen LogP contribution is 2.15. The van der Waals surface area contributed by atoms with Crippen molar-refractivity contribution in [2.45, 2.75) is 20.0 Å². The van der Waals surface area contributed by atoms with Gasteiger partial charge in [-0.05, 0) is 43.3 Å². The van der Waals surface area contributed by atoms with Gasteiger partial charge in [0.2, 0.25) is 0 Å². The molecule has 3 aromatic rings. The molecular formula is C20H19NO5. The lowest BCUT2D eigenvalue weighted by atomic mass is 10.1. The van der Waals surface area contributed by atoms with Crippen LogP contribution in [0.3, 0.4) is 0 Å². The number of benzene rings is 1. The van der Waals surface area contributed by atoms with Crippen molar-refractivity contribution in [2.75, 3.05) is 6.61 Å². The zero-order chi connectivity index (χ0) is 18.4. The highest BCUT2D eigenvalue weighted by atomic mass is 16.5. The number of carbonyl (C=O) groups excluding carboxylic acids is 2. The average Bonchev–Trinajstić information content (AvgIpc) is 3.33. The maximum absolute atomic E-state index is 12.6. The predicted molar refractivity (Wildman–Crippen MR) is 93.6 cm³/mol. The van der Waals surface area contributed by atoms with Crippen molar-refractivity contribution in [3.8, 4) is 5.75 Å². The van der Waals surface area contributed by atoms with E-state index < -0.39 is 0 Å². The minimum atomic E-state index is -0.217. The van der Waals surface area contributed by atoms with Gasteiger partial charge in [0.1, 0.15) is 17.3 Å². The van der Waals surface area contributed by atoms with Gasteiger partial charge in [0.15, 0.2) is 12.4 Å². The van der Waals surface area contributed by atoms with Crippen LogP contribution in [0.25, 0.3) is 0 Å². The van der Waals surface area contributed by atoms with Gasteiger partial charge in [0, 0.05) is 5.56 Å². The van der Waals surface area contributed by atoms with Gasteiger partial charge in [-0.15, -0.1) is 0 Å². The number of Topliss-reactive ketones (excluding diaryl/α,β-unsaturated/α-hetero) is 1. The molecule has 26 heavy (non-hydrogen) atoms. The quantitative estimate of drug-likeness (QED) is 0.578. The van der Waals surface area contributed by atoms with Crippen LogP contribution in [-0.2, 0) is 17.9 Å². The molecule has 0 bridgehead atoms. The zero-order valence-electron chi connectivity index (χ0n) is 14.4. The Hall–Kier alpha value is -3.28. The van der Waals surface area contributed by atoms with E-state index in [1.165, 1.54) is 6.92 Å². The van der Waals surface area contributed by atoms with Crippen molar-refractivity contribution < 1.29 is 23.2 Å². The topological polar surface area (TPSA) is 72.9 Å². The summed E-state index contributed by atoms with van der Waals surface area (Å²) in [5.74, 6) is 1.54. The van der Waals surface area contributed by atoms with E-state index in [1.807, 2.05) is 0 Å². The van der Waals surface area contributed by atoms with E-state index >= 15 is 0 Å². The van der Waals surface area contributed by atoms with Crippen LogP contribution >= 0.6 is 0 Å². The van der Waals surface area contributed by atoms with Gasteiger partial charge < -0.3 is 18.5 Å². The van der Waals surface area contributed by atoms with E-state index in [4.69, 9.17) is 13.6 Å². The van der Waals surface area contributed by atoms with Crippen molar-refractivity contribution >= 4 is 11.7 Å². The SMILES string of the molecule is CC(=O)c1cccc(OCC(=O)N(Cc2ccco2)Cc2ccco2)c1. The molecule has 0 saturated carbocycles. The Labute approximate surface area is 151 Å². The molecular weight excluding hydrogens is 334 g/mol. The molecule has 0 aliphatic carbocycles. The highest BCUT2D eigenvalue weighted by Gasteiger charge is 2.18. The Bertz CT molecular complexity index is 816. The van der Waals surface area contributed by atoms with Gasteiger partial charge in [-0.3, -0.25) is 9.59 Å². The molecule has 0 N–H and O–H groups in total. The van der Waals surface area contributed by atoms with Crippen LogP contribution in [-0.4, -0.2) is 23.2 Å². The van der Waals surface area contributed by atoms with Gasteiger partial charge in [0.05, 0.1) is 25.6 Å². The number of amides is 1. The molecule has 1 amide bonds. The fourth-order valence-corrected chi connectivity index (χ4v) is 2.45. The first kappa shape index (κ1) is 17.5. The van der Waals surface area contributed by atoms with E-state index in [0.717, 1.165) is 0 Å². The van der Waals surface area contributed by atoms with Crippen molar-refractivity contribution in [1.82, 2.24) is 4.90 Å². The lowest BCUT2D eigenvalue weighted by Gasteiger charge is -2.20. The van der Waals surface area contributed by atoms with Crippen molar-refractivity contribution in [1.29, 1.82) is 0 Å². The summed E-state index contributed by atoms with van der Waals surface area (Å²) in [7, 11) is 0. The minimum Gasteiger partial charge on any atom is -0.484 e. The largest absolute Gasteiger partial charge is 0.484 e. The summed E-state index contributed by atoms with van der Waals surface area (Å²) >= 11 is 0. The summed E-state index contributed by atoms with van der Waals surface area (Å²) in [5.41, 5.74) is 0.540. The van der Waals surface area contributed by atoms with E-state index in [2.05, 4.69) is 0 Å². The minimum absolute atomic E-state index is 0.0564. The maximum Gasteiger partial charge on any atom is 0.261 e. The fourth-order valence-electron chi connectivity index (χ4n) is 2.45. The molecule has 0 saturated heterocycles. The maximum atomic E-state index is 12.6. The Morgan fingerprint density at radius 3 is 2.15 bits per heavy atom. The molecule has 2 aromatic heterocycles. The number of ketones is 1. The van der Waals surface area contributed by atoms with Crippen molar-refractivity contribution in [2.24, 2.45) is 0 Å². The Morgan fingerprint density at radius 2 is 1.62 bits per heavy atom. The standard InChI is InChI=1S/C20H19NO5/c1-15(22)16-5-2-6-17(11-16)26-14-20(23)21(12-18-7-3-9-24-18)13-19-8-4-10-25-19/h2-11H,12-14H2,1H3. The lowest BCUT2D eigenvalue weighted by Crippen LogP contribution is -2.33. The number of nitrogens with zero attached hydrogens (tertiary/aromatic N) is 1. The zero-order valence-corrected chi connectivity index (χ0v) is 14.4. The fraction of sp³-hybridized carbons (Fsp3) is 0.200. The van der Waals surface area contributed by atoms with Crippen LogP contribution in [0, 0.1) is 0 Å². The number of carbonyl (C=O) groups is 2. The summed E-state index contributed by atoms with van der Waals surface area (Å²) in [4.78, 5) is 25.7. The van der Waals surface area contributed by atoms with Crippen LogP contribution in [0.4, 0.5) is 0 Å². The van der Waals surface area contributed by atoms with Crippen molar-refractivity contribution in [3.05, 3.63) is 78.1 Å². The van der Waals surface area contributed by atoms with E-state index in [1.54, 1.807) is 66.0 Å². The number of furan rings is 2. The Morgan fingerprint density at radius 1 is 0.962 bits per heavy atom. The molecule has 0 fully saturated rings. The Balaban J connectivity index is 1.66. The molecule has 134 valence electrons. The molecule has 3 rings (SSSR count). The summed E-state index contributed by atoms with van der Waals surface area (Å²) in [6, 6.07) is 13.9. The molecule has 2 heterocycles. The second-order valence-electron chi connectivity index (χ2n) is 5.78. The van der Waals surface area contributed by atoms with Gasteiger partial charge in [0.25, 0.3) is 5.91 Å². The third-order valence-electron chi connectivity index (χ3n) is 3.81. The molecule has 6 nitrogen and oxygen atoms in total. The number of hydrogen-bond donors (Lipinski definition) is 0. The second kappa shape index (κ2) is 8.20. The van der Waals surface area contributed by atoms with Gasteiger partial charge in [-0.1, -0.05) is 12.1 Å². The van der Waals surface area contributed by atoms with Crippen molar-refractivity contribution in [3.63, 3.8) is 0 Å². The van der Waals surface area contributed by atoms with Crippen LogP contribution in [0.2, 0.25) is 0 Å². The number of ether oxygens (including phenoxy) is 1. The molecule has 0 aliphatic heterocycles. The molecule has 0 unspecified atom stereocenters. The monoisotopic (exact) mass is 353 g/mol. The summed E-state index contributed by atoms with van der Waals surface area (Å²) in [6.45, 7) is 1.95. The Kier molecular flexibility index (Phi) is 5.53. The van der Waals surface area contributed by atoms with E-state index in [9.17, 15) is 9.59 Å². The van der Waals surface area contributed by atoms with Gasteiger partial charge in [-0.2, -0.15) is 0 Å². The predicted octanol–water partition coefficient (Wildman–Crippen LogP) is 3.68. The first-order chi connectivity index (χ1) is 12.6. The molecule has 1 aromatic carbocycles. The van der Waals surface area contributed by atoms with Crippen LogP contribution in [0.1, 0.15) is 28.8 Å². The summed E-state index contributed by atoms with van der Waals surface area (Å²) in [5, 5.41) is 0. The van der Waals surface area contributed by atoms with Crippen LogP contribution < -0.4 is 4.74 Å². The van der Waals surface area contributed by atoms with Crippen LogP contribution in [0.5, 0.6) is 5.75 Å².